The lowest BCUT2D eigenvalue weighted by atomic mass is 10.1. The number of hydrogen-bond donors (Lipinski definition) is 1. The van der Waals surface area contributed by atoms with Crippen LogP contribution in [0.5, 0.6) is 11.5 Å². The van der Waals surface area contributed by atoms with Crippen LogP contribution in [0, 0.1) is 0 Å². The van der Waals surface area contributed by atoms with Gasteiger partial charge in [-0.3, -0.25) is 0 Å². The Balaban J connectivity index is 2.59. The average molecular weight is 275 g/mol. The van der Waals surface area contributed by atoms with Gasteiger partial charge in [0.05, 0.1) is 14.2 Å². The van der Waals surface area contributed by atoms with Gasteiger partial charge >= 0.3 is 0 Å². The van der Waals surface area contributed by atoms with Crippen molar-refractivity contribution < 1.29 is 9.47 Å². The summed E-state index contributed by atoms with van der Waals surface area (Å²) in [6.07, 6.45) is 0. The van der Waals surface area contributed by atoms with Crippen LogP contribution in [0.3, 0.4) is 0 Å². The van der Waals surface area contributed by atoms with E-state index in [-0.39, 0.29) is 0 Å². The van der Waals surface area contributed by atoms with Crippen LogP contribution < -0.4 is 15.2 Å². The zero-order valence-electron chi connectivity index (χ0n) is 12.6. The molecule has 0 radical (unpaired) electrons. The van der Waals surface area contributed by atoms with Gasteiger partial charge in [0.2, 0.25) is 0 Å². The van der Waals surface area contributed by atoms with Crippen LogP contribution in [0.1, 0.15) is 25.6 Å². The molecule has 0 aliphatic heterocycles. The van der Waals surface area contributed by atoms with E-state index in [0.29, 0.717) is 17.5 Å². The lowest BCUT2D eigenvalue weighted by molar-refractivity contribution is 0.395. The van der Waals surface area contributed by atoms with E-state index in [2.05, 4.69) is 18.8 Å². The molecule has 0 atom stereocenters. The molecule has 2 N–H and O–H groups in total. The number of anilines is 1. The molecule has 5 nitrogen and oxygen atoms in total. The van der Waals surface area contributed by atoms with Gasteiger partial charge in [0.25, 0.3) is 0 Å². The largest absolute Gasteiger partial charge is 0.497 e. The molecule has 5 heteroatoms. The fourth-order valence-corrected chi connectivity index (χ4v) is 2.24. The molecule has 0 saturated carbocycles. The fraction of sp³-hybridized carbons (Fsp3) is 0.400. The monoisotopic (exact) mass is 275 g/mol. The van der Waals surface area contributed by atoms with Crippen molar-refractivity contribution in [2.75, 3.05) is 20.0 Å². The standard InChI is InChI=1S/C15H21N3O2/c1-9(2)15-17-13(14(16)18(15)3)11-7-6-10(19-4)8-12(11)20-5/h6-9H,16H2,1-5H3. The highest BCUT2D eigenvalue weighted by molar-refractivity contribution is 5.77. The normalized spacial score (nSPS) is 10.9. The highest BCUT2D eigenvalue weighted by Gasteiger charge is 2.19. The van der Waals surface area contributed by atoms with E-state index < -0.39 is 0 Å². The van der Waals surface area contributed by atoms with Crippen LogP contribution in [-0.2, 0) is 7.05 Å². The number of benzene rings is 1. The van der Waals surface area contributed by atoms with Crippen LogP contribution in [0.4, 0.5) is 5.82 Å². The molecule has 1 aromatic heterocycles. The molecule has 2 aromatic rings. The molecule has 1 heterocycles. The second-order valence-electron chi connectivity index (χ2n) is 4.98. The summed E-state index contributed by atoms with van der Waals surface area (Å²) in [7, 11) is 5.18. The highest BCUT2D eigenvalue weighted by Crippen LogP contribution is 2.36. The highest BCUT2D eigenvalue weighted by atomic mass is 16.5. The predicted octanol–water partition coefficient (Wildman–Crippen LogP) is 2.81. The third-order valence-corrected chi connectivity index (χ3v) is 3.35. The number of hydrogen-bond acceptors (Lipinski definition) is 4. The molecular weight excluding hydrogens is 254 g/mol. The molecule has 2 rings (SSSR count). The summed E-state index contributed by atoms with van der Waals surface area (Å²) < 4.78 is 12.6. The fourth-order valence-electron chi connectivity index (χ4n) is 2.24. The van der Waals surface area contributed by atoms with Crippen molar-refractivity contribution >= 4 is 5.82 Å². The summed E-state index contributed by atoms with van der Waals surface area (Å²) >= 11 is 0. The topological polar surface area (TPSA) is 62.3 Å². The minimum absolute atomic E-state index is 0.306. The van der Waals surface area contributed by atoms with Crippen molar-refractivity contribution in [3.63, 3.8) is 0 Å². The summed E-state index contributed by atoms with van der Waals surface area (Å²) in [5.41, 5.74) is 7.80. The Morgan fingerprint density at radius 2 is 1.90 bits per heavy atom. The number of aromatic nitrogens is 2. The van der Waals surface area contributed by atoms with Gasteiger partial charge in [0, 0.05) is 24.6 Å². The maximum atomic E-state index is 6.18. The Morgan fingerprint density at radius 3 is 2.40 bits per heavy atom. The van der Waals surface area contributed by atoms with Crippen molar-refractivity contribution in [1.29, 1.82) is 0 Å². The Hall–Kier alpha value is -2.17. The minimum Gasteiger partial charge on any atom is -0.497 e. The molecule has 0 spiro atoms. The van der Waals surface area contributed by atoms with E-state index in [9.17, 15) is 0 Å². The molecular formula is C15H21N3O2. The molecule has 0 aliphatic carbocycles. The van der Waals surface area contributed by atoms with Gasteiger partial charge in [-0.25, -0.2) is 4.98 Å². The average Bonchev–Trinajstić information content (AvgIpc) is 2.74. The number of rotatable bonds is 4. The Kier molecular flexibility index (Phi) is 3.88. The third-order valence-electron chi connectivity index (χ3n) is 3.35. The SMILES string of the molecule is COc1ccc(-c2nc(C(C)C)n(C)c2N)c(OC)c1. The van der Waals surface area contributed by atoms with E-state index in [1.807, 2.05) is 29.8 Å². The molecule has 108 valence electrons. The Morgan fingerprint density at radius 1 is 1.20 bits per heavy atom. The van der Waals surface area contributed by atoms with E-state index in [4.69, 9.17) is 15.2 Å². The van der Waals surface area contributed by atoms with Gasteiger partial charge in [-0.05, 0) is 12.1 Å². The first-order chi connectivity index (χ1) is 9.49. The van der Waals surface area contributed by atoms with Gasteiger partial charge < -0.3 is 19.8 Å². The lowest BCUT2D eigenvalue weighted by Gasteiger charge is -2.09. The van der Waals surface area contributed by atoms with Crippen LogP contribution in [0.15, 0.2) is 18.2 Å². The van der Waals surface area contributed by atoms with E-state index in [1.54, 1.807) is 14.2 Å². The number of ether oxygens (including phenoxy) is 2. The second-order valence-corrected chi connectivity index (χ2v) is 4.98. The summed E-state index contributed by atoms with van der Waals surface area (Å²) in [6, 6.07) is 5.62. The number of nitrogen functional groups attached to an aromatic ring is 1. The molecule has 0 saturated heterocycles. The molecule has 0 fully saturated rings. The van der Waals surface area contributed by atoms with Crippen molar-refractivity contribution in [2.24, 2.45) is 7.05 Å². The van der Waals surface area contributed by atoms with Crippen molar-refractivity contribution in [3.05, 3.63) is 24.0 Å². The first kappa shape index (κ1) is 14.2. The Labute approximate surface area is 119 Å². The molecule has 0 bridgehead atoms. The number of imidazole rings is 1. The van der Waals surface area contributed by atoms with Gasteiger partial charge in [0.15, 0.2) is 0 Å². The van der Waals surface area contributed by atoms with E-state index >= 15 is 0 Å². The predicted molar refractivity (Wildman–Crippen MR) is 80.2 cm³/mol. The van der Waals surface area contributed by atoms with Gasteiger partial charge in [-0.15, -0.1) is 0 Å². The maximum absolute atomic E-state index is 6.18. The minimum atomic E-state index is 0.306. The van der Waals surface area contributed by atoms with Crippen molar-refractivity contribution in [2.45, 2.75) is 19.8 Å². The van der Waals surface area contributed by atoms with Crippen molar-refractivity contribution in [1.82, 2.24) is 9.55 Å². The summed E-state index contributed by atoms with van der Waals surface area (Å²) in [5, 5.41) is 0. The maximum Gasteiger partial charge on any atom is 0.132 e. The van der Waals surface area contributed by atoms with E-state index in [0.717, 1.165) is 22.8 Å². The number of nitrogens with two attached hydrogens (primary N) is 1. The first-order valence-electron chi connectivity index (χ1n) is 6.54. The molecule has 20 heavy (non-hydrogen) atoms. The smallest absolute Gasteiger partial charge is 0.132 e. The van der Waals surface area contributed by atoms with Gasteiger partial charge in [-0.1, -0.05) is 13.8 Å². The zero-order valence-corrected chi connectivity index (χ0v) is 12.6. The van der Waals surface area contributed by atoms with Crippen LogP contribution >= 0.6 is 0 Å². The quantitative estimate of drug-likeness (QED) is 0.932. The van der Waals surface area contributed by atoms with E-state index in [1.165, 1.54) is 0 Å². The van der Waals surface area contributed by atoms with Crippen LogP contribution in [-0.4, -0.2) is 23.8 Å². The van der Waals surface area contributed by atoms with Gasteiger partial charge in [0.1, 0.15) is 28.8 Å². The summed E-state index contributed by atoms with van der Waals surface area (Å²) in [4.78, 5) is 4.66. The van der Waals surface area contributed by atoms with Crippen molar-refractivity contribution in [3.8, 4) is 22.8 Å². The first-order valence-corrected chi connectivity index (χ1v) is 6.54. The second kappa shape index (κ2) is 5.45. The summed E-state index contributed by atoms with van der Waals surface area (Å²) in [6.45, 7) is 4.19. The molecule has 0 unspecified atom stereocenters. The summed E-state index contributed by atoms with van der Waals surface area (Å²) in [5.74, 6) is 3.33. The lowest BCUT2D eigenvalue weighted by Crippen LogP contribution is -2.03. The molecule has 0 aliphatic rings. The number of nitrogens with zero attached hydrogens (tertiary/aromatic N) is 2. The zero-order chi connectivity index (χ0) is 14.9. The van der Waals surface area contributed by atoms with Crippen LogP contribution in [0.25, 0.3) is 11.3 Å². The third kappa shape index (κ3) is 2.31. The number of methoxy groups -OCH3 is 2. The Bertz CT molecular complexity index is 618. The van der Waals surface area contributed by atoms with Crippen LogP contribution in [0.2, 0.25) is 0 Å². The molecule has 1 aromatic carbocycles. The van der Waals surface area contributed by atoms with Gasteiger partial charge in [-0.2, -0.15) is 0 Å². The molecule has 0 amide bonds.